The van der Waals surface area contributed by atoms with Crippen molar-refractivity contribution in [2.45, 2.75) is 20.8 Å². The van der Waals surface area contributed by atoms with Gasteiger partial charge in [-0.05, 0) is 23.1 Å². The Morgan fingerprint density at radius 3 is 2.20 bits per heavy atom. The summed E-state index contributed by atoms with van der Waals surface area (Å²) in [7, 11) is 0. The van der Waals surface area contributed by atoms with Crippen LogP contribution in [0.3, 0.4) is 0 Å². The lowest BCUT2D eigenvalue weighted by molar-refractivity contribution is 0.499. The van der Waals surface area contributed by atoms with Crippen LogP contribution in [0.1, 0.15) is 26.3 Å². The minimum absolute atomic E-state index is 0.141. The molecule has 0 aliphatic carbocycles. The van der Waals surface area contributed by atoms with E-state index in [2.05, 4.69) is 54.9 Å². The van der Waals surface area contributed by atoms with E-state index in [0.29, 0.717) is 6.54 Å². The fraction of sp³-hybridized carbons (Fsp3) is 0.385. The van der Waals surface area contributed by atoms with Gasteiger partial charge in [-0.1, -0.05) is 60.5 Å². The highest BCUT2D eigenvalue weighted by Gasteiger charge is 2.14. The first-order valence-corrected chi connectivity index (χ1v) is 5.89. The molecule has 0 aliphatic heterocycles. The average molecular weight is 268 g/mol. The zero-order chi connectivity index (χ0) is 11.5. The molecule has 0 amide bonds. The SMILES string of the molecule is CC(C)(C)/C(=C/c1ccc(Br)cc1)CN. The first kappa shape index (κ1) is 12.5. The second-order valence-electron chi connectivity index (χ2n) is 4.68. The third kappa shape index (κ3) is 3.80. The minimum Gasteiger partial charge on any atom is -0.327 e. The lowest BCUT2D eigenvalue weighted by Crippen LogP contribution is -2.17. The summed E-state index contributed by atoms with van der Waals surface area (Å²) in [6.45, 7) is 7.17. The Kier molecular flexibility index (Phi) is 4.12. The van der Waals surface area contributed by atoms with Crippen LogP contribution in [0.5, 0.6) is 0 Å². The van der Waals surface area contributed by atoms with E-state index in [-0.39, 0.29) is 5.41 Å². The summed E-state index contributed by atoms with van der Waals surface area (Å²) in [5, 5.41) is 0. The number of benzene rings is 1. The Labute approximate surface area is 101 Å². The quantitative estimate of drug-likeness (QED) is 0.866. The van der Waals surface area contributed by atoms with Gasteiger partial charge in [-0.25, -0.2) is 0 Å². The topological polar surface area (TPSA) is 26.0 Å². The van der Waals surface area contributed by atoms with Gasteiger partial charge in [-0.3, -0.25) is 0 Å². The number of rotatable bonds is 2. The van der Waals surface area contributed by atoms with Crippen molar-refractivity contribution in [3.63, 3.8) is 0 Å². The predicted molar refractivity (Wildman–Crippen MR) is 70.6 cm³/mol. The van der Waals surface area contributed by atoms with E-state index in [1.807, 2.05) is 12.1 Å². The standard InChI is InChI=1S/C13H18BrN/c1-13(2,3)11(9-15)8-10-4-6-12(14)7-5-10/h4-8H,9,15H2,1-3H3/b11-8+. The molecule has 2 heteroatoms. The van der Waals surface area contributed by atoms with Crippen molar-refractivity contribution < 1.29 is 0 Å². The zero-order valence-corrected chi connectivity index (χ0v) is 11.1. The Balaban J connectivity index is 2.99. The third-order valence-electron chi connectivity index (χ3n) is 2.39. The van der Waals surface area contributed by atoms with Crippen LogP contribution in [0.15, 0.2) is 34.3 Å². The molecule has 1 aromatic rings. The molecule has 2 N–H and O–H groups in total. The summed E-state index contributed by atoms with van der Waals surface area (Å²) in [6.07, 6.45) is 2.17. The van der Waals surface area contributed by atoms with Crippen LogP contribution in [0.2, 0.25) is 0 Å². The molecule has 0 saturated heterocycles. The molecule has 15 heavy (non-hydrogen) atoms. The molecule has 0 fully saturated rings. The first-order chi connectivity index (χ1) is 6.93. The summed E-state index contributed by atoms with van der Waals surface area (Å²) in [5.41, 5.74) is 8.37. The normalized spacial score (nSPS) is 13.0. The molecular formula is C13H18BrN. The van der Waals surface area contributed by atoms with Gasteiger partial charge in [0.25, 0.3) is 0 Å². The van der Waals surface area contributed by atoms with E-state index < -0.39 is 0 Å². The van der Waals surface area contributed by atoms with Crippen molar-refractivity contribution in [3.8, 4) is 0 Å². The van der Waals surface area contributed by atoms with E-state index in [4.69, 9.17) is 5.73 Å². The molecule has 82 valence electrons. The number of hydrogen-bond acceptors (Lipinski definition) is 1. The minimum atomic E-state index is 0.141. The van der Waals surface area contributed by atoms with Crippen LogP contribution in [-0.4, -0.2) is 6.54 Å². The predicted octanol–water partition coefficient (Wildman–Crippen LogP) is 3.84. The molecule has 0 spiro atoms. The lowest BCUT2D eigenvalue weighted by Gasteiger charge is -2.21. The van der Waals surface area contributed by atoms with Crippen LogP contribution >= 0.6 is 15.9 Å². The second kappa shape index (κ2) is 4.95. The highest BCUT2D eigenvalue weighted by molar-refractivity contribution is 9.10. The highest BCUT2D eigenvalue weighted by Crippen LogP contribution is 2.26. The maximum Gasteiger partial charge on any atom is 0.0175 e. The highest BCUT2D eigenvalue weighted by atomic mass is 79.9. The van der Waals surface area contributed by atoms with E-state index in [9.17, 15) is 0 Å². The van der Waals surface area contributed by atoms with Crippen LogP contribution in [-0.2, 0) is 0 Å². The fourth-order valence-corrected chi connectivity index (χ4v) is 1.61. The molecule has 1 nitrogen and oxygen atoms in total. The Morgan fingerprint density at radius 2 is 1.80 bits per heavy atom. The van der Waals surface area contributed by atoms with Gasteiger partial charge in [0.2, 0.25) is 0 Å². The maximum atomic E-state index is 5.76. The number of hydrogen-bond donors (Lipinski definition) is 1. The molecule has 1 rings (SSSR count). The molecule has 0 heterocycles. The summed E-state index contributed by atoms with van der Waals surface area (Å²) in [4.78, 5) is 0. The van der Waals surface area contributed by atoms with Gasteiger partial charge in [0.05, 0.1) is 0 Å². The summed E-state index contributed by atoms with van der Waals surface area (Å²) < 4.78 is 1.10. The van der Waals surface area contributed by atoms with Crippen molar-refractivity contribution in [1.82, 2.24) is 0 Å². The number of nitrogens with two attached hydrogens (primary N) is 1. The molecule has 0 atom stereocenters. The molecule has 1 aromatic carbocycles. The van der Waals surface area contributed by atoms with Crippen LogP contribution in [0.25, 0.3) is 6.08 Å². The van der Waals surface area contributed by atoms with Gasteiger partial charge in [0.1, 0.15) is 0 Å². The van der Waals surface area contributed by atoms with Gasteiger partial charge >= 0.3 is 0 Å². The van der Waals surface area contributed by atoms with Gasteiger partial charge in [0.15, 0.2) is 0 Å². The third-order valence-corrected chi connectivity index (χ3v) is 2.92. The van der Waals surface area contributed by atoms with Crippen LogP contribution < -0.4 is 5.73 Å². The molecule has 0 unspecified atom stereocenters. The van der Waals surface area contributed by atoms with Gasteiger partial charge in [0, 0.05) is 11.0 Å². The smallest absolute Gasteiger partial charge is 0.0175 e. The van der Waals surface area contributed by atoms with Crippen molar-refractivity contribution in [1.29, 1.82) is 0 Å². The van der Waals surface area contributed by atoms with Gasteiger partial charge < -0.3 is 5.73 Å². The van der Waals surface area contributed by atoms with Crippen molar-refractivity contribution >= 4 is 22.0 Å². The number of halogens is 1. The second-order valence-corrected chi connectivity index (χ2v) is 5.59. The van der Waals surface area contributed by atoms with E-state index in [1.165, 1.54) is 11.1 Å². The Hall–Kier alpha value is -0.600. The van der Waals surface area contributed by atoms with E-state index in [1.54, 1.807) is 0 Å². The first-order valence-electron chi connectivity index (χ1n) is 5.10. The fourth-order valence-electron chi connectivity index (χ4n) is 1.34. The molecular weight excluding hydrogens is 250 g/mol. The zero-order valence-electron chi connectivity index (χ0n) is 9.55. The average Bonchev–Trinajstić information content (AvgIpc) is 2.15. The monoisotopic (exact) mass is 267 g/mol. The van der Waals surface area contributed by atoms with Crippen molar-refractivity contribution in [2.24, 2.45) is 11.1 Å². The molecule has 0 bridgehead atoms. The largest absolute Gasteiger partial charge is 0.327 e. The maximum absolute atomic E-state index is 5.76. The van der Waals surface area contributed by atoms with Crippen molar-refractivity contribution in [2.75, 3.05) is 6.54 Å². The van der Waals surface area contributed by atoms with Crippen LogP contribution in [0.4, 0.5) is 0 Å². The molecule has 0 aromatic heterocycles. The molecule has 0 saturated carbocycles. The summed E-state index contributed by atoms with van der Waals surface area (Å²) in [6, 6.07) is 8.27. The molecule has 0 aliphatic rings. The van der Waals surface area contributed by atoms with Crippen LogP contribution in [0, 0.1) is 5.41 Å². The van der Waals surface area contributed by atoms with Gasteiger partial charge in [-0.2, -0.15) is 0 Å². The van der Waals surface area contributed by atoms with Crippen molar-refractivity contribution in [3.05, 3.63) is 39.9 Å². The van der Waals surface area contributed by atoms with E-state index >= 15 is 0 Å². The molecule has 0 radical (unpaired) electrons. The van der Waals surface area contributed by atoms with E-state index in [0.717, 1.165) is 4.47 Å². The lowest BCUT2D eigenvalue weighted by atomic mass is 9.85. The summed E-state index contributed by atoms with van der Waals surface area (Å²) >= 11 is 3.42. The Morgan fingerprint density at radius 1 is 1.27 bits per heavy atom. The Bertz CT molecular complexity index is 344. The summed E-state index contributed by atoms with van der Waals surface area (Å²) in [5.74, 6) is 0. The van der Waals surface area contributed by atoms with Gasteiger partial charge in [-0.15, -0.1) is 0 Å².